The first-order valence-corrected chi connectivity index (χ1v) is 7.86. The van der Waals surface area contributed by atoms with Crippen LogP contribution >= 0.6 is 15.9 Å². The molecule has 1 aromatic carbocycles. The third-order valence-electron chi connectivity index (χ3n) is 3.84. The predicted molar refractivity (Wildman–Crippen MR) is 86.7 cm³/mol. The van der Waals surface area contributed by atoms with Gasteiger partial charge in [-0.2, -0.15) is 5.10 Å². The van der Waals surface area contributed by atoms with Crippen molar-refractivity contribution in [3.8, 4) is 0 Å². The van der Waals surface area contributed by atoms with Crippen LogP contribution in [-0.2, 0) is 6.42 Å². The van der Waals surface area contributed by atoms with E-state index in [1.54, 1.807) is 0 Å². The lowest BCUT2D eigenvalue weighted by Gasteiger charge is -2.15. The first-order valence-electron chi connectivity index (χ1n) is 7.07. The maximum absolute atomic E-state index is 6.34. The maximum Gasteiger partial charge on any atom is 0.0643 e. The lowest BCUT2D eigenvalue weighted by molar-refractivity contribution is 0.472. The highest BCUT2D eigenvalue weighted by atomic mass is 79.9. The van der Waals surface area contributed by atoms with Gasteiger partial charge < -0.3 is 5.73 Å². The number of hydrogen-bond donors (Lipinski definition) is 1. The molecule has 2 rings (SSSR count). The highest BCUT2D eigenvalue weighted by Crippen LogP contribution is 2.25. The normalized spacial score (nSPS) is 14.2. The summed E-state index contributed by atoms with van der Waals surface area (Å²) >= 11 is 3.56. The molecule has 0 aliphatic rings. The monoisotopic (exact) mass is 335 g/mol. The second-order valence-corrected chi connectivity index (χ2v) is 6.16. The number of nitrogens with zero attached hydrogens (tertiary/aromatic N) is 2. The fraction of sp³-hybridized carbons (Fsp3) is 0.438. The third kappa shape index (κ3) is 3.30. The zero-order valence-corrected chi connectivity index (χ0v) is 13.9. The average molecular weight is 336 g/mol. The summed E-state index contributed by atoms with van der Waals surface area (Å²) in [5.41, 5.74) is 9.79. The van der Waals surface area contributed by atoms with E-state index >= 15 is 0 Å². The van der Waals surface area contributed by atoms with Crippen LogP contribution in [-0.4, -0.2) is 9.78 Å². The minimum Gasteiger partial charge on any atom is -0.324 e. The molecule has 0 spiro atoms. The van der Waals surface area contributed by atoms with Crippen molar-refractivity contribution < 1.29 is 0 Å². The zero-order valence-electron chi connectivity index (χ0n) is 12.3. The molecule has 0 radical (unpaired) electrons. The second-order valence-electron chi connectivity index (χ2n) is 5.31. The molecule has 2 N–H and O–H groups in total. The Kier molecular flexibility index (Phi) is 5.00. The lowest BCUT2D eigenvalue weighted by atomic mass is 9.98. The Bertz CT molecular complexity index is 577. The number of benzene rings is 1. The van der Waals surface area contributed by atoms with Crippen LogP contribution in [0.1, 0.15) is 49.2 Å². The van der Waals surface area contributed by atoms with Crippen LogP contribution in [0.4, 0.5) is 0 Å². The number of rotatable bonds is 5. The minimum absolute atomic E-state index is 0.0206. The van der Waals surface area contributed by atoms with Crippen molar-refractivity contribution in [1.82, 2.24) is 9.78 Å². The number of halogens is 1. The molecule has 1 heterocycles. The molecule has 3 nitrogen and oxygen atoms in total. The molecule has 108 valence electrons. The summed E-state index contributed by atoms with van der Waals surface area (Å²) in [6.45, 7) is 6.44. The van der Waals surface area contributed by atoms with E-state index in [1.165, 1.54) is 11.1 Å². The Labute approximate surface area is 129 Å². The van der Waals surface area contributed by atoms with E-state index in [-0.39, 0.29) is 6.04 Å². The van der Waals surface area contributed by atoms with Gasteiger partial charge >= 0.3 is 0 Å². The smallest absolute Gasteiger partial charge is 0.0643 e. The van der Waals surface area contributed by atoms with Gasteiger partial charge in [-0.3, -0.25) is 4.68 Å². The standard InChI is InChI=1S/C16H22BrN3/c1-4-11(2)20-9-8-13(19-20)10-16(18)14-6-5-7-15(17)12(14)3/h5-9,11,16H,4,10,18H2,1-3H3. The topological polar surface area (TPSA) is 43.8 Å². The van der Waals surface area contributed by atoms with Crippen molar-refractivity contribution in [3.05, 3.63) is 51.8 Å². The van der Waals surface area contributed by atoms with Crippen molar-refractivity contribution in [2.75, 3.05) is 0 Å². The molecule has 1 aromatic heterocycles. The van der Waals surface area contributed by atoms with Gasteiger partial charge in [0.15, 0.2) is 0 Å². The second kappa shape index (κ2) is 6.55. The van der Waals surface area contributed by atoms with Crippen molar-refractivity contribution >= 4 is 15.9 Å². The average Bonchev–Trinajstić information content (AvgIpc) is 2.89. The Morgan fingerprint density at radius 1 is 1.35 bits per heavy atom. The Hall–Kier alpha value is -1.13. The molecule has 2 aromatic rings. The molecular weight excluding hydrogens is 314 g/mol. The molecule has 0 saturated carbocycles. The van der Waals surface area contributed by atoms with Crippen molar-refractivity contribution in [1.29, 1.82) is 0 Å². The van der Waals surface area contributed by atoms with E-state index in [0.717, 1.165) is 23.0 Å². The van der Waals surface area contributed by atoms with E-state index in [4.69, 9.17) is 5.73 Å². The minimum atomic E-state index is -0.0206. The van der Waals surface area contributed by atoms with Gasteiger partial charge in [-0.25, -0.2) is 0 Å². The first kappa shape index (κ1) is 15.3. The SMILES string of the molecule is CCC(C)n1ccc(CC(N)c2cccc(Br)c2C)n1. The molecule has 20 heavy (non-hydrogen) atoms. The maximum atomic E-state index is 6.34. The summed E-state index contributed by atoms with van der Waals surface area (Å²) < 4.78 is 3.13. The fourth-order valence-corrected chi connectivity index (χ4v) is 2.66. The number of nitrogens with two attached hydrogens (primary N) is 1. The van der Waals surface area contributed by atoms with Crippen LogP contribution in [0.25, 0.3) is 0 Å². The van der Waals surface area contributed by atoms with Crippen LogP contribution in [0.2, 0.25) is 0 Å². The molecule has 0 saturated heterocycles. The van der Waals surface area contributed by atoms with Gasteiger partial charge in [-0.05, 0) is 43.5 Å². The highest BCUT2D eigenvalue weighted by Gasteiger charge is 2.13. The van der Waals surface area contributed by atoms with Crippen molar-refractivity contribution in [2.24, 2.45) is 5.73 Å². The van der Waals surface area contributed by atoms with Gasteiger partial charge in [0.25, 0.3) is 0 Å². The quantitative estimate of drug-likeness (QED) is 0.891. The van der Waals surface area contributed by atoms with Crippen molar-refractivity contribution in [2.45, 2.75) is 45.7 Å². The Morgan fingerprint density at radius 2 is 2.10 bits per heavy atom. The van der Waals surface area contributed by atoms with Crippen molar-refractivity contribution in [3.63, 3.8) is 0 Å². The molecule has 0 aliphatic heterocycles. The molecular formula is C16H22BrN3. The lowest BCUT2D eigenvalue weighted by Crippen LogP contribution is -2.15. The van der Waals surface area contributed by atoms with Crippen LogP contribution in [0.15, 0.2) is 34.9 Å². The van der Waals surface area contributed by atoms with Crippen LogP contribution in [0.3, 0.4) is 0 Å². The Morgan fingerprint density at radius 3 is 2.80 bits per heavy atom. The van der Waals surface area contributed by atoms with Gasteiger partial charge in [-0.1, -0.05) is 35.0 Å². The molecule has 0 bridgehead atoms. The van der Waals surface area contributed by atoms with Gasteiger partial charge in [-0.15, -0.1) is 0 Å². The van der Waals surface area contributed by atoms with E-state index < -0.39 is 0 Å². The first-order chi connectivity index (χ1) is 9.52. The summed E-state index contributed by atoms with van der Waals surface area (Å²) in [7, 11) is 0. The molecule has 0 amide bonds. The van der Waals surface area contributed by atoms with E-state index in [9.17, 15) is 0 Å². The fourth-order valence-electron chi connectivity index (χ4n) is 2.28. The molecule has 0 aliphatic carbocycles. The molecule has 2 unspecified atom stereocenters. The number of hydrogen-bond acceptors (Lipinski definition) is 2. The predicted octanol–water partition coefficient (Wildman–Crippen LogP) is 4.17. The van der Waals surface area contributed by atoms with E-state index in [1.807, 2.05) is 23.0 Å². The van der Waals surface area contributed by atoms with Gasteiger partial charge in [0, 0.05) is 29.2 Å². The summed E-state index contributed by atoms with van der Waals surface area (Å²) in [4.78, 5) is 0. The van der Waals surface area contributed by atoms with Crippen LogP contribution < -0.4 is 5.73 Å². The molecule has 2 atom stereocenters. The van der Waals surface area contributed by atoms with Gasteiger partial charge in [0.05, 0.1) is 5.69 Å². The number of aromatic nitrogens is 2. The zero-order chi connectivity index (χ0) is 14.7. The molecule has 4 heteroatoms. The Balaban J connectivity index is 2.13. The summed E-state index contributed by atoms with van der Waals surface area (Å²) in [6, 6.07) is 8.66. The summed E-state index contributed by atoms with van der Waals surface area (Å²) in [5, 5.41) is 4.62. The summed E-state index contributed by atoms with van der Waals surface area (Å²) in [6.07, 6.45) is 3.89. The van der Waals surface area contributed by atoms with Gasteiger partial charge in [0.1, 0.15) is 0 Å². The highest BCUT2D eigenvalue weighted by molar-refractivity contribution is 9.10. The van der Waals surface area contributed by atoms with Crippen LogP contribution in [0.5, 0.6) is 0 Å². The largest absolute Gasteiger partial charge is 0.324 e. The van der Waals surface area contributed by atoms with E-state index in [0.29, 0.717) is 6.04 Å². The van der Waals surface area contributed by atoms with Gasteiger partial charge in [0.2, 0.25) is 0 Å². The van der Waals surface area contributed by atoms with E-state index in [2.05, 4.69) is 53.9 Å². The van der Waals surface area contributed by atoms with Crippen LogP contribution in [0, 0.1) is 6.92 Å². The third-order valence-corrected chi connectivity index (χ3v) is 4.70. The molecule has 0 fully saturated rings. The summed E-state index contributed by atoms with van der Waals surface area (Å²) in [5.74, 6) is 0.